The molecule has 0 saturated heterocycles. The summed E-state index contributed by atoms with van der Waals surface area (Å²) in [4.78, 5) is 11.2. The van der Waals surface area contributed by atoms with Crippen LogP contribution in [0.3, 0.4) is 0 Å². The van der Waals surface area contributed by atoms with Crippen LogP contribution in [0.5, 0.6) is 0 Å². The van der Waals surface area contributed by atoms with Gasteiger partial charge in [0.25, 0.3) is 0 Å². The van der Waals surface area contributed by atoms with Crippen LogP contribution in [-0.2, 0) is 13.0 Å². The van der Waals surface area contributed by atoms with E-state index in [1.165, 1.54) is 0 Å². The van der Waals surface area contributed by atoms with Gasteiger partial charge in [0.05, 0.1) is 5.69 Å². The monoisotopic (exact) mass is 259 g/mol. The maximum atomic E-state index is 11.2. The lowest BCUT2D eigenvalue weighted by molar-refractivity contribution is 0.0689. The molecule has 0 unspecified atom stereocenters. The minimum absolute atomic E-state index is 0.0458. The van der Waals surface area contributed by atoms with Crippen molar-refractivity contribution in [2.45, 2.75) is 26.8 Å². The number of rotatable bonds is 5. The van der Waals surface area contributed by atoms with Crippen LogP contribution in [0.15, 0.2) is 30.3 Å². The fourth-order valence-corrected chi connectivity index (χ4v) is 1.96. The van der Waals surface area contributed by atoms with Crippen LogP contribution in [0.1, 0.15) is 35.6 Å². The molecule has 5 heteroatoms. The maximum Gasteiger partial charge on any atom is 0.358 e. The Kier molecular flexibility index (Phi) is 3.94. The van der Waals surface area contributed by atoms with Gasteiger partial charge in [-0.2, -0.15) is 0 Å². The fourth-order valence-electron chi connectivity index (χ4n) is 1.96. The van der Waals surface area contributed by atoms with Gasteiger partial charge in [0.15, 0.2) is 5.69 Å². The van der Waals surface area contributed by atoms with Crippen molar-refractivity contribution in [2.75, 3.05) is 0 Å². The predicted octanol–water partition coefficient (Wildman–Crippen LogP) is 2.22. The highest BCUT2D eigenvalue weighted by Crippen LogP contribution is 2.14. The maximum absolute atomic E-state index is 11.2. The van der Waals surface area contributed by atoms with Gasteiger partial charge in [0.1, 0.15) is 0 Å². The third-order valence-corrected chi connectivity index (χ3v) is 2.79. The topological polar surface area (TPSA) is 68.0 Å². The van der Waals surface area contributed by atoms with Gasteiger partial charge in [-0.1, -0.05) is 49.4 Å². The SMILES string of the molecule is CC(C)Cn1nnc(C(=O)O)c1Cc1ccccc1. The Hall–Kier alpha value is -2.17. The van der Waals surface area contributed by atoms with E-state index in [9.17, 15) is 9.90 Å². The number of aromatic nitrogens is 3. The highest BCUT2D eigenvalue weighted by molar-refractivity contribution is 5.86. The van der Waals surface area contributed by atoms with E-state index in [0.717, 1.165) is 5.56 Å². The van der Waals surface area contributed by atoms with E-state index < -0.39 is 5.97 Å². The second-order valence-corrected chi connectivity index (χ2v) is 4.93. The average Bonchev–Trinajstić information content (AvgIpc) is 2.73. The number of carboxylic acids is 1. The smallest absolute Gasteiger partial charge is 0.358 e. The Morgan fingerprint density at radius 2 is 2.00 bits per heavy atom. The molecule has 0 atom stereocenters. The van der Waals surface area contributed by atoms with Crippen molar-refractivity contribution in [3.8, 4) is 0 Å². The van der Waals surface area contributed by atoms with Crippen LogP contribution in [0.25, 0.3) is 0 Å². The van der Waals surface area contributed by atoms with Crippen molar-refractivity contribution < 1.29 is 9.90 Å². The van der Waals surface area contributed by atoms with Crippen molar-refractivity contribution in [1.29, 1.82) is 0 Å². The molecule has 1 aromatic heterocycles. The molecule has 0 spiro atoms. The van der Waals surface area contributed by atoms with Crippen LogP contribution in [-0.4, -0.2) is 26.1 Å². The average molecular weight is 259 g/mol. The third kappa shape index (κ3) is 3.19. The largest absolute Gasteiger partial charge is 0.476 e. The van der Waals surface area contributed by atoms with E-state index >= 15 is 0 Å². The standard InChI is InChI=1S/C14H17N3O2/c1-10(2)9-17-12(13(14(18)19)15-16-17)8-11-6-4-3-5-7-11/h3-7,10H,8-9H2,1-2H3,(H,18,19). The Morgan fingerprint density at radius 3 is 2.58 bits per heavy atom. The van der Waals surface area contributed by atoms with E-state index in [1.54, 1.807) is 4.68 Å². The lowest BCUT2D eigenvalue weighted by Gasteiger charge is -2.09. The molecule has 0 aliphatic heterocycles. The first-order valence-corrected chi connectivity index (χ1v) is 6.27. The summed E-state index contributed by atoms with van der Waals surface area (Å²) in [5.41, 5.74) is 1.76. The number of nitrogens with zero attached hydrogens (tertiary/aromatic N) is 3. The highest BCUT2D eigenvalue weighted by atomic mass is 16.4. The van der Waals surface area contributed by atoms with E-state index in [2.05, 4.69) is 24.2 Å². The second kappa shape index (κ2) is 5.65. The quantitative estimate of drug-likeness (QED) is 0.894. The van der Waals surface area contributed by atoms with Gasteiger partial charge in [-0.25, -0.2) is 9.48 Å². The second-order valence-electron chi connectivity index (χ2n) is 4.93. The molecular weight excluding hydrogens is 242 g/mol. The van der Waals surface area contributed by atoms with Crippen LogP contribution in [0.2, 0.25) is 0 Å². The van der Waals surface area contributed by atoms with E-state index in [4.69, 9.17) is 0 Å². The lowest BCUT2D eigenvalue weighted by Crippen LogP contribution is -2.12. The van der Waals surface area contributed by atoms with Crippen molar-refractivity contribution in [1.82, 2.24) is 15.0 Å². The molecule has 1 aromatic carbocycles. The zero-order chi connectivity index (χ0) is 13.8. The van der Waals surface area contributed by atoms with Gasteiger partial charge in [-0.15, -0.1) is 5.10 Å². The summed E-state index contributed by atoms with van der Waals surface area (Å²) in [6, 6.07) is 9.75. The molecule has 0 saturated carbocycles. The molecular formula is C14H17N3O2. The van der Waals surface area contributed by atoms with Crippen molar-refractivity contribution >= 4 is 5.97 Å². The summed E-state index contributed by atoms with van der Waals surface area (Å²) in [6.45, 7) is 4.80. The first-order chi connectivity index (χ1) is 9.08. The number of carboxylic acid groups (broad SMARTS) is 1. The normalized spacial score (nSPS) is 10.9. The Balaban J connectivity index is 2.35. The van der Waals surface area contributed by atoms with Crippen molar-refractivity contribution in [3.05, 3.63) is 47.3 Å². The summed E-state index contributed by atoms with van der Waals surface area (Å²) in [6.07, 6.45) is 0.530. The summed E-state index contributed by atoms with van der Waals surface area (Å²) < 4.78 is 1.70. The molecule has 1 N–H and O–H groups in total. The van der Waals surface area contributed by atoms with E-state index in [1.807, 2.05) is 30.3 Å². The number of carbonyl (C=O) groups is 1. The molecule has 0 aliphatic carbocycles. The van der Waals surface area contributed by atoms with Crippen LogP contribution in [0, 0.1) is 5.92 Å². The van der Waals surface area contributed by atoms with Crippen molar-refractivity contribution in [3.63, 3.8) is 0 Å². The molecule has 0 bridgehead atoms. The molecule has 1 heterocycles. The molecule has 19 heavy (non-hydrogen) atoms. The molecule has 0 radical (unpaired) electrons. The van der Waals surface area contributed by atoms with Gasteiger partial charge in [0, 0.05) is 13.0 Å². The van der Waals surface area contributed by atoms with Crippen LogP contribution >= 0.6 is 0 Å². The van der Waals surface area contributed by atoms with Crippen molar-refractivity contribution in [2.24, 2.45) is 5.92 Å². The molecule has 2 rings (SSSR count). The highest BCUT2D eigenvalue weighted by Gasteiger charge is 2.19. The fraction of sp³-hybridized carbons (Fsp3) is 0.357. The van der Waals surface area contributed by atoms with Gasteiger partial charge >= 0.3 is 5.97 Å². The Morgan fingerprint density at radius 1 is 1.32 bits per heavy atom. The molecule has 100 valence electrons. The molecule has 0 aliphatic rings. The zero-order valence-electron chi connectivity index (χ0n) is 11.1. The molecule has 0 fully saturated rings. The van der Waals surface area contributed by atoms with Gasteiger partial charge in [-0.3, -0.25) is 0 Å². The minimum atomic E-state index is -1.03. The predicted molar refractivity (Wildman–Crippen MR) is 71.1 cm³/mol. The molecule has 5 nitrogen and oxygen atoms in total. The summed E-state index contributed by atoms with van der Waals surface area (Å²) in [7, 11) is 0. The minimum Gasteiger partial charge on any atom is -0.476 e. The lowest BCUT2D eigenvalue weighted by atomic mass is 10.1. The number of benzene rings is 1. The summed E-state index contributed by atoms with van der Waals surface area (Å²) >= 11 is 0. The van der Waals surface area contributed by atoms with E-state index in [-0.39, 0.29) is 5.69 Å². The van der Waals surface area contributed by atoms with E-state index in [0.29, 0.717) is 24.6 Å². The first kappa shape index (κ1) is 13.3. The Labute approximate surface area is 111 Å². The first-order valence-electron chi connectivity index (χ1n) is 6.27. The molecule has 0 amide bonds. The van der Waals surface area contributed by atoms with Crippen LogP contribution < -0.4 is 0 Å². The van der Waals surface area contributed by atoms with Gasteiger partial charge < -0.3 is 5.11 Å². The van der Waals surface area contributed by atoms with Gasteiger partial charge in [0.2, 0.25) is 0 Å². The Bertz CT molecular complexity index is 561. The number of hydrogen-bond donors (Lipinski definition) is 1. The third-order valence-electron chi connectivity index (χ3n) is 2.79. The zero-order valence-corrected chi connectivity index (χ0v) is 11.1. The summed E-state index contributed by atoms with van der Waals surface area (Å²) in [5.74, 6) is -0.640. The number of hydrogen-bond acceptors (Lipinski definition) is 3. The summed E-state index contributed by atoms with van der Waals surface area (Å²) in [5, 5.41) is 16.9. The van der Waals surface area contributed by atoms with Gasteiger partial charge in [-0.05, 0) is 11.5 Å². The molecule has 2 aromatic rings. The van der Waals surface area contributed by atoms with Crippen LogP contribution in [0.4, 0.5) is 0 Å². The number of aromatic carboxylic acids is 1.